The number of anilines is 1. The van der Waals surface area contributed by atoms with Gasteiger partial charge in [-0.15, -0.1) is 0 Å². The zero-order valence-electron chi connectivity index (χ0n) is 12.4. The van der Waals surface area contributed by atoms with Crippen LogP contribution in [0.15, 0.2) is 36.5 Å². The normalized spacial score (nSPS) is 10.8. The van der Waals surface area contributed by atoms with Gasteiger partial charge in [-0.25, -0.2) is 19.1 Å². The molecule has 2 aromatic heterocycles. The molecule has 23 heavy (non-hydrogen) atoms. The summed E-state index contributed by atoms with van der Waals surface area (Å²) >= 11 is 0. The molecule has 0 radical (unpaired) electrons. The molecule has 0 spiro atoms. The third-order valence-corrected chi connectivity index (χ3v) is 3.73. The molecule has 0 aliphatic carbocycles. The monoisotopic (exact) mass is 317 g/mol. The summed E-state index contributed by atoms with van der Waals surface area (Å²) in [4.78, 5) is 18.3. The van der Waals surface area contributed by atoms with Gasteiger partial charge < -0.3 is 4.40 Å². The van der Waals surface area contributed by atoms with E-state index in [4.69, 9.17) is 0 Å². The molecule has 0 unspecified atom stereocenters. The highest BCUT2D eigenvalue weighted by Crippen LogP contribution is 2.27. The van der Waals surface area contributed by atoms with Crippen LogP contribution < -0.4 is 5.32 Å². The first-order valence-electron chi connectivity index (χ1n) is 6.85. The van der Waals surface area contributed by atoms with Gasteiger partial charge in [0.2, 0.25) is 0 Å². The van der Waals surface area contributed by atoms with Crippen molar-refractivity contribution < 1.29 is 18.7 Å². The van der Waals surface area contributed by atoms with Crippen molar-refractivity contribution in [3.63, 3.8) is 0 Å². The second-order valence-electron chi connectivity index (χ2n) is 5.09. The van der Waals surface area contributed by atoms with E-state index in [-0.39, 0.29) is 11.6 Å². The minimum atomic E-state index is -1.24. The Kier molecular flexibility index (Phi) is 3.69. The Balaban J connectivity index is 2.10. The van der Waals surface area contributed by atoms with Crippen molar-refractivity contribution in [3.8, 4) is 11.1 Å². The number of imidazole rings is 1. The molecule has 118 valence electrons. The van der Waals surface area contributed by atoms with E-state index in [1.807, 2.05) is 6.07 Å². The summed E-state index contributed by atoms with van der Waals surface area (Å²) in [5, 5.41) is 2.20. The number of carbonyl (C=O) groups is 1. The molecule has 1 N–H and O–H groups in total. The number of rotatable bonds is 2. The Labute approximate surface area is 130 Å². The number of hydrogen-bond donors (Lipinski definition) is 1. The van der Waals surface area contributed by atoms with Crippen LogP contribution in [0.4, 0.5) is 19.5 Å². The molecule has 0 aliphatic heterocycles. The topological polar surface area (TPSA) is 55.6 Å². The largest absolute Gasteiger partial charge is 0.450 e. The van der Waals surface area contributed by atoms with Gasteiger partial charge >= 0.3 is 6.09 Å². The predicted octanol–water partition coefficient (Wildman–Crippen LogP) is 4.19. The Morgan fingerprint density at radius 3 is 2.78 bits per heavy atom. The van der Waals surface area contributed by atoms with Crippen molar-refractivity contribution in [2.24, 2.45) is 0 Å². The molecule has 3 rings (SSSR count). The number of nitrogens with one attached hydrogen (secondary N) is 1. The van der Waals surface area contributed by atoms with Gasteiger partial charge in [-0.05, 0) is 48.7 Å². The van der Waals surface area contributed by atoms with Gasteiger partial charge in [-0.2, -0.15) is 0 Å². The molecule has 0 aliphatic rings. The Morgan fingerprint density at radius 2 is 2.04 bits per heavy atom. The second kappa shape index (κ2) is 5.68. The molecule has 5 nitrogen and oxygen atoms in total. The zero-order chi connectivity index (χ0) is 16.6. The van der Waals surface area contributed by atoms with Crippen LogP contribution in [0.2, 0.25) is 0 Å². The van der Waals surface area contributed by atoms with E-state index in [0.29, 0.717) is 16.9 Å². The average molecular weight is 317 g/mol. The molecule has 3 aromatic rings. The molecule has 1 aromatic carbocycles. The number of fused-ring (bicyclic) bond motifs is 1. The third-order valence-electron chi connectivity index (χ3n) is 3.73. The molecule has 0 fully saturated rings. The van der Waals surface area contributed by atoms with E-state index in [2.05, 4.69) is 15.2 Å². The summed E-state index contributed by atoms with van der Waals surface area (Å²) in [6.45, 7) is 3.43. The first-order valence-corrected chi connectivity index (χ1v) is 6.85. The van der Waals surface area contributed by atoms with E-state index in [0.717, 1.165) is 11.1 Å². The summed E-state index contributed by atoms with van der Waals surface area (Å²) in [6.07, 6.45) is 0.545. The van der Waals surface area contributed by atoms with Gasteiger partial charge in [0.05, 0.1) is 5.69 Å². The van der Waals surface area contributed by atoms with Gasteiger partial charge in [-0.3, -0.25) is 5.32 Å². The van der Waals surface area contributed by atoms with Crippen molar-refractivity contribution in [1.29, 1.82) is 0 Å². The van der Waals surface area contributed by atoms with Crippen LogP contribution in [0.3, 0.4) is 0 Å². The van der Waals surface area contributed by atoms with Crippen molar-refractivity contribution >= 4 is 17.6 Å². The predicted molar refractivity (Wildman–Crippen MR) is 81.3 cm³/mol. The lowest BCUT2D eigenvalue weighted by molar-refractivity contribution is -0.0544. The lowest BCUT2D eigenvalue weighted by Gasteiger charge is -2.08. The highest BCUT2D eigenvalue weighted by Gasteiger charge is 2.14. The maximum absolute atomic E-state index is 13.7. The fourth-order valence-corrected chi connectivity index (χ4v) is 2.48. The van der Waals surface area contributed by atoms with Crippen LogP contribution in [0, 0.1) is 19.7 Å². The number of aryl methyl sites for hydroxylation is 1. The number of benzene rings is 1. The minimum Gasteiger partial charge on any atom is -0.301 e. The van der Waals surface area contributed by atoms with Crippen LogP contribution in [0.25, 0.3) is 16.8 Å². The first-order chi connectivity index (χ1) is 11.0. The van der Waals surface area contributed by atoms with E-state index < -0.39 is 6.09 Å². The summed E-state index contributed by atoms with van der Waals surface area (Å²) in [5.74, 6) is -0.0845. The lowest BCUT2D eigenvalue weighted by Crippen LogP contribution is -2.10. The molecule has 7 heteroatoms. The van der Waals surface area contributed by atoms with Crippen molar-refractivity contribution in [2.45, 2.75) is 13.8 Å². The van der Waals surface area contributed by atoms with Crippen LogP contribution >= 0.6 is 0 Å². The molecular weight excluding hydrogens is 304 g/mol. The molecule has 0 bridgehead atoms. The standard InChI is InChI=1S/C16H13F2N3O2/c1-9-12(4-3-5-13(9)17)11-6-7-14-19-15(20-16(22)23-18)10(2)21(14)8-11/h3-8H,1-2H3,(H,20,22). The second-order valence-corrected chi connectivity index (χ2v) is 5.09. The molecule has 0 atom stereocenters. The molecular formula is C16H13F2N3O2. The number of halogens is 2. The van der Waals surface area contributed by atoms with Gasteiger partial charge in [0, 0.05) is 10.7 Å². The maximum atomic E-state index is 13.7. The maximum Gasteiger partial charge on any atom is 0.450 e. The van der Waals surface area contributed by atoms with Crippen LogP contribution in [0.5, 0.6) is 0 Å². The average Bonchev–Trinajstić information content (AvgIpc) is 2.85. The minimum absolute atomic E-state index is 0.195. The SMILES string of the molecule is Cc1c(F)cccc1-c1ccc2nc(NC(=O)OF)c(C)n2c1. The molecule has 1 amide bonds. The van der Waals surface area contributed by atoms with E-state index >= 15 is 0 Å². The fourth-order valence-electron chi connectivity index (χ4n) is 2.48. The number of amides is 1. The highest BCUT2D eigenvalue weighted by atomic mass is 19.3. The van der Waals surface area contributed by atoms with Crippen LogP contribution in [0.1, 0.15) is 11.3 Å². The summed E-state index contributed by atoms with van der Waals surface area (Å²) in [6, 6.07) is 8.42. The Hall–Kier alpha value is -2.96. The van der Waals surface area contributed by atoms with Crippen LogP contribution in [-0.4, -0.2) is 15.5 Å². The van der Waals surface area contributed by atoms with E-state index in [9.17, 15) is 13.7 Å². The molecule has 2 heterocycles. The summed E-state index contributed by atoms with van der Waals surface area (Å²) in [5.41, 5.74) is 3.27. The van der Waals surface area contributed by atoms with Gasteiger partial charge in [-0.1, -0.05) is 12.1 Å². The van der Waals surface area contributed by atoms with Gasteiger partial charge in [0.15, 0.2) is 5.82 Å². The van der Waals surface area contributed by atoms with Crippen molar-refractivity contribution in [3.05, 3.63) is 53.6 Å². The van der Waals surface area contributed by atoms with Gasteiger partial charge in [0.1, 0.15) is 11.5 Å². The number of hydrogen-bond acceptors (Lipinski definition) is 3. The third kappa shape index (κ3) is 2.61. The summed E-state index contributed by atoms with van der Waals surface area (Å²) < 4.78 is 27.3. The van der Waals surface area contributed by atoms with Gasteiger partial charge in [0.25, 0.3) is 0 Å². The number of aromatic nitrogens is 2. The first kappa shape index (κ1) is 15.0. The lowest BCUT2D eigenvalue weighted by atomic mass is 10.0. The van der Waals surface area contributed by atoms with E-state index in [1.54, 1.807) is 42.6 Å². The zero-order valence-corrected chi connectivity index (χ0v) is 12.4. The van der Waals surface area contributed by atoms with E-state index in [1.165, 1.54) is 6.07 Å². The number of pyridine rings is 1. The fraction of sp³-hybridized carbons (Fsp3) is 0.125. The van der Waals surface area contributed by atoms with Crippen LogP contribution in [-0.2, 0) is 4.94 Å². The highest BCUT2D eigenvalue weighted by molar-refractivity contribution is 5.84. The van der Waals surface area contributed by atoms with Crippen molar-refractivity contribution in [2.75, 3.05) is 5.32 Å². The molecule has 0 saturated heterocycles. The Morgan fingerprint density at radius 1 is 1.26 bits per heavy atom. The quantitative estimate of drug-likeness (QED) is 0.771. The number of nitrogens with zero attached hydrogens (tertiary/aromatic N) is 2. The Bertz CT molecular complexity index is 906. The summed E-state index contributed by atoms with van der Waals surface area (Å²) in [7, 11) is 0. The van der Waals surface area contributed by atoms with Crippen molar-refractivity contribution in [1.82, 2.24) is 9.38 Å². The smallest absolute Gasteiger partial charge is 0.301 e. The number of carbonyl (C=O) groups excluding carboxylic acids is 1. The molecule has 0 saturated carbocycles.